The maximum Gasteiger partial charge on any atom is 0.119 e. The summed E-state index contributed by atoms with van der Waals surface area (Å²) in [6.45, 7) is 4.54. The number of rotatable bonds is 6. The van der Waals surface area contributed by atoms with Crippen LogP contribution >= 0.6 is 11.6 Å². The molecule has 0 bridgehead atoms. The Morgan fingerprint density at radius 2 is 1.93 bits per heavy atom. The lowest BCUT2D eigenvalue weighted by atomic mass is 10.2. The lowest BCUT2D eigenvalue weighted by Crippen LogP contribution is -2.19. The van der Waals surface area contributed by atoms with Crippen molar-refractivity contribution in [3.05, 3.63) is 29.8 Å². The van der Waals surface area contributed by atoms with E-state index in [0.717, 1.165) is 18.8 Å². The Morgan fingerprint density at radius 3 is 2.47 bits per heavy atom. The van der Waals surface area contributed by atoms with Crippen LogP contribution in [0, 0.1) is 0 Å². The van der Waals surface area contributed by atoms with Gasteiger partial charge in [0.1, 0.15) is 5.75 Å². The van der Waals surface area contributed by atoms with Crippen molar-refractivity contribution in [2.75, 3.05) is 26.1 Å². The minimum absolute atomic E-state index is 0.674. The van der Waals surface area contributed by atoms with Crippen LogP contribution in [0.2, 0.25) is 0 Å². The molecule has 0 saturated carbocycles. The van der Waals surface area contributed by atoms with Crippen LogP contribution in [0.15, 0.2) is 24.3 Å². The van der Waals surface area contributed by atoms with Crippen molar-refractivity contribution < 1.29 is 4.74 Å². The summed E-state index contributed by atoms with van der Waals surface area (Å²) in [6.07, 6.45) is 0. The molecule has 1 aromatic rings. The summed E-state index contributed by atoms with van der Waals surface area (Å²) < 4.78 is 5.38. The molecule has 0 spiro atoms. The Morgan fingerprint density at radius 1 is 1.27 bits per heavy atom. The van der Waals surface area contributed by atoms with E-state index in [1.54, 1.807) is 0 Å². The third-order valence-electron chi connectivity index (χ3n) is 2.15. The van der Waals surface area contributed by atoms with E-state index in [-0.39, 0.29) is 0 Å². The van der Waals surface area contributed by atoms with Gasteiger partial charge < -0.3 is 9.64 Å². The van der Waals surface area contributed by atoms with E-state index in [4.69, 9.17) is 16.3 Å². The molecule has 0 aliphatic heterocycles. The van der Waals surface area contributed by atoms with E-state index < -0.39 is 0 Å². The zero-order chi connectivity index (χ0) is 11.1. The molecule has 2 nitrogen and oxygen atoms in total. The SMILES string of the molecule is CCOc1ccc(CN(C)CCCl)cc1. The molecule has 0 aliphatic rings. The molecule has 84 valence electrons. The molecule has 1 rings (SSSR count). The summed E-state index contributed by atoms with van der Waals surface area (Å²) in [6, 6.07) is 8.20. The van der Waals surface area contributed by atoms with Gasteiger partial charge in [-0.15, -0.1) is 11.6 Å². The smallest absolute Gasteiger partial charge is 0.119 e. The van der Waals surface area contributed by atoms with E-state index in [1.165, 1.54) is 5.56 Å². The van der Waals surface area contributed by atoms with Gasteiger partial charge in [0.25, 0.3) is 0 Å². The zero-order valence-corrected chi connectivity index (χ0v) is 10.1. The van der Waals surface area contributed by atoms with E-state index in [0.29, 0.717) is 12.5 Å². The van der Waals surface area contributed by atoms with Crippen LogP contribution in [0.25, 0.3) is 0 Å². The topological polar surface area (TPSA) is 12.5 Å². The molecule has 0 radical (unpaired) electrons. The Bertz CT molecular complexity index is 273. The van der Waals surface area contributed by atoms with Crippen molar-refractivity contribution in [2.45, 2.75) is 13.5 Å². The summed E-state index contributed by atoms with van der Waals surface area (Å²) in [5, 5.41) is 0. The van der Waals surface area contributed by atoms with Gasteiger partial charge in [0.05, 0.1) is 6.61 Å². The third kappa shape index (κ3) is 4.54. The van der Waals surface area contributed by atoms with Gasteiger partial charge in [0, 0.05) is 19.0 Å². The largest absolute Gasteiger partial charge is 0.494 e. The lowest BCUT2D eigenvalue weighted by Gasteiger charge is -2.15. The van der Waals surface area contributed by atoms with Crippen molar-refractivity contribution in [1.29, 1.82) is 0 Å². The summed E-state index contributed by atoms with van der Waals surface area (Å²) in [5.41, 5.74) is 1.28. The molecule has 0 N–H and O–H groups in total. The van der Waals surface area contributed by atoms with E-state index in [2.05, 4.69) is 24.1 Å². The van der Waals surface area contributed by atoms with Crippen LogP contribution in [0.3, 0.4) is 0 Å². The van der Waals surface area contributed by atoms with Crippen molar-refractivity contribution in [3.63, 3.8) is 0 Å². The van der Waals surface area contributed by atoms with Gasteiger partial charge in [-0.2, -0.15) is 0 Å². The van der Waals surface area contributed by atoms with Crippen LogP contribution in [0.5, 0.6) is 5.75 Å². The number of benzene rings is 1. The highest BCUT2D eigenvalue weighted by atomic mass is 35.5. The van der Waals surface area contributed by atoms with E-state index in [1.807, 2.05) is 19.1 Å². The number of alkyl halides is 1. The minimum atomic E-state index is 0.674. The summed E-state index contributed by atoms with van der Waals surface area (Å²) in [5.74, 6) is 1.61. The third-order valence-corrected chi connectivity index (χ3v) is 2.32. The Kier molecular flexibility index (Phi) is 5.51. The number of nitrogens with zero attached hydrogens (tertiary/aromatic N) is 1. The molecule has 1 aromatic carbocycles. The fraction of sp³-hybridized carbons (Fsp3) is 0.500. The van der Waals surface area contributed by atoms with Crippen LogP contribution in [-0.4, -0.2) is 31.0 Å². The maximum absolute atomic E-state index is 5.67. The second kappa shape index (κ2) is 6.70. The summed E-state index contributed by atoms with van der Waals surface area (Å²) >= 11 is 5.67. The Balaban J connectivity index is 2.48. The highest BCUT2D eigenvalue weighted by Gasteiger charge is 1.99. The first-order valence-corrected chi connectivity index (χ1v) is 5.76. The quantitative estimate of drug-likeness (QED) is 0.693. The molecule has 3 heteroatoms. The van der Waals surface area contributed by atoms with Crippen molar-refractivity contribution >= 4 is 11.6 Å². The van der Waals surface area contributed by atoms with Crippen LogP contribution in [-0.2, 0) is 6.54 Å². The van der Waals surface area contributed by atoms with Crippen LogP contribution < -0.4 is 4.74 Å². The number of halogens is 1. The molecular weight excluding hydrogens is 210 g/mol. The van der Waals surface area contributed by atoms with Crippen molar-refractivity contribution in [3.8, 4) is 5.75 Å². The van der Waals surface area contributed by atoms with Gasteiger partial charge in [-0.1, -0.05) is 12.1 Å². The fourth-order valence-electron chi connectivity index (χ4n) is 1.39. The van der Waals surface area contributed by atoms with Crippen molar-refractivity contribution in [2.24, 2.45) is 0 Å². The zero-order valence-electron chi connectivity index (χ0n) is 9.37. The molecule has 15 heavy (non-hydrogen) atoms. The van der Waals surface area contributed by atoms with Crippen molar-refractivity contribution in [1.82, 2.24) is 4.90 Å². The first-order chi connectivity index (χ1) is 7.26. The molecule has 0 aliphatic carbocycles. The number of hydrogen-bond donors (Lipinski definition) is 0. The van der Waals surface area contributed by atoms with Gasteiger partial charge in [0.2, 0.25) is 0 Å². The van der Waals surface area contributed by atoms with Gasteiger partial charge in [-0.3, -0.25) is 0 Å². The van der Waals surface area contributed by atoms with E-state index >= 15 is 0 Å². The normalized spacial score (nSPS) is 10.7. The monoisotopic (exact) mass is 227 g/mol. The average Bonchev–Trinajstić information content (AvgIpc) is 2.22. The molecular formula is C12H18ClNO. The standard InChI is InChI=1S/C12H18ClNO/c1-3-15-12-6-4-11(5-7-12)10-14(2)9-8-13/h4-7H,3,8-10H2,1-2H3. The van der Waals surface area contributed by atoms with Gasteiger partial charge in [-0.05, 0) is 31.7 Å². The van der Waals surface area contributed by atoms with Gasteiger partial charge >= 0.3 is 0 Å². The Hall–Kier alpha value is -0.730. The molecule has 0 heterocycles. The van der Waals surface area contributed by atoms with Crippen LogP contribution in [0.1, 0.15) is 12.5 Å². The first-order valence-electron chi connectivity index (χ1n) is 5.22. The van der Waals surface area contributed by atoms with E-state index in [9.17, 15) is 0 Å². The minimum Gasteiger partial charge on any atom is -0.494 e. The summed E-state index contributed by atoms with van der Waals surface area (Å²) in [7, 11) is 2.07. The molecule has 0 amide bonds. The molecule has 0 aromatic heterocycles. The molecule has 0 atom stereocenters. The molecule has 0 fully saturated rings. The highest BCUT2D eigenvalue weighted by Crippen LogP contribution is 2.13. The summed E-state index contributed by atoms with van der Waals surface area (Å²) in [4.78, 5) is 2.20. The average molecular weight is 228 g/mol. The number of ether oxygens (including phenoxy) is 1. The first kappa shape index (κ1) is 12.3. The lowest BCUT2D eigenvalue weighted by molar-refractivity contribution is 0.337. The maximum atomic E-state index is 5.67. The molecule has 0 saturated heterocycles. The second-order valence-corrected chi connectivity index (χ2v) is 3.88. The van der Waals surface area contributed by atoms with Crippen LogP contribution in [0.4, 0.5) is 0 Å². The van der Waals surface area contributed by atoms with Gasteiger partial charge in [-0.25, -0.2) is 0 Å². The Labute approximate surface area is 96.8 Å². The predicted molar refractivity (Wildman–Crippen MR) is 64.7 cm³/mol. The predicted octanol–water partition coefficient (Wildman–Crippen LogP) is 2.76. The second-order valence-electron chi connectivity index (χ2n) is 3.50. The highest BCUT2D eigenvalue weighted by molar-refractivity contribution is 6.18. The number of hydrogen-bond acceptors (Lipinski definition) is 2. The molecule has 0 unspecified atom stereocenters. The fourth-order valence-corrected chi connectivity index (χ4v) is 1.68. The van der Waals surface area contributed by atoms with Gasteiger partial charge in [0.15, 0.2) is 0 Å².